The Hall–Kier alpha value is -1.56. The number of nitrogens with two attached hydrogens (primary N) is 1. The average molecular weight is 316 g/mol. The van der Waals surface area contributed by atoms with Gasteiger partial charge in [-0.25, -0.2) is 18.4 Å². The molecule has 1 amide bonds. The minimum absolute atomic E-state index is 0.0573. The van der Waals surface area contributed by atoms with Gasteiger partial charge in [0.05, 0.1) is 11.4 Å². The quantitative estimate of drug-likeness (QED) is 0.803. The Bertz CT molecular complexity index is 645. The maximum atomic E-state index is 11.3. The predicted octanol–water partition coefficient (Wildman–Crippen LogP) is 1.27. The predicted molar refractivity (Wildman–Crippen MR) is 76.8 cm³/mol. The third-order valence-electron chi connectivity index (χ3n) is 1.79. The highest BCUT2D eigenvalue weighted by atomic mass is 32.2. The number of thiophene rings is 1. The smallest absolute Gasteiger partial charge is 0.408 e. The average Bonchev–Trinajstić information content (AvgIpc) is 2.70. The lowest BCUT2D eigenvalue weighted by Gasteiger charge is -2.18. The number of alkyl carbamates (subject to hydrolysis) is 1. The number of rotatable bonds is 2. The summed E-state index contributed by atoms with van der Waals surface area (Å²) in [5, 5.41) is 7.46. The fraction of sp³-hybridized carbons (Fsp3) is 0.417. The van der Waals surface area contributed by atoms with E-state index in [0.29, 0.717) is 4.88 Å². The molecule has 0 saturated heterocycles. The summed E-state index contributed by atoms with van der Waals surface area (Å²) in [7, 11) is -3.69. The van der Waals surface area contributed by atoms with Crippen LogP contribution in [0.15, 0.2) is 16.3 Å². The van der Waals surface area contributed by atoms with Crippen LogP contribution in [-0.2, 0) is 14.8 Å². The highest BCUT2D eigenvalue weighted by Gasteiger charge is 2.15. The zero-order valence-corrected chi connectivity index (χ0v) is 13.0. The van der Waals surface area contributed by atoms with E-state index in [0.717, 1.165) is 11.3 Å². The number of sulfonamides is 1. The number of carbonyl (C=O) groups is 1. The molecule has 0 spiro atoms. The molecule has 0 aliphatic carbocycles. The van der Waals surface area contributed by atoms with Crippen molar-refractivity contribution in [2.75, 3.05) is 6.54 Å². The Balaban J connectivity index is 2.52. The van der Waals surface area contributed by atoms with Crippen LogP contribution in [0.3, 0.4) is 0 Å². The SMILES string of the molecule is CC(C)(C)OC(=O)NCC#Cc1ccc(S(N)(=O)=O)s1. The Morgan fingerprint density at radius 1 is 1.45 bits per heavy atom. The summed E-state index contributed by atoms with van der Waals surface area (Å²) in [6, 6.07) is 2.95. The zero-order valence-electron chi connectivity index (χ0n) is 11.4. The molecule has 0 fully saturated rings. The fourth-order valence-electron chi connectivity index (χ4n) is 1.10. The Labute approximate surface area is 122 Å². The van der Waals surface area contributed by atoms with Gasteiger partial charge >= 0.3 is 6.09 Å². The lowest BCUT2D eigenvalue weighted by Crippen LogP contribution is -2.32. The summed E-state index contributed by atoms with van der Waals surface area (Å²) in [6.45, 7) is 5.40. The normalized spacial score (nSPS) is 11.4. The third-order valence-corrected chi connectivity index (χ3v) is 4.23. The van der Waals surface area contributed by atoms with Crippen LogP contribution >= 0.6 is 11.3 Å². The van der Waals surface area contributed by atoms with Crippen LogP contribution in [0.25, 0.3) is 0 Å². The molecule has 6 nitrogen and oxygen atoms in total. The molecule has 0 aromatic carbocycles. The van der Waals surface area contributed by atoms with Crippen molar-refractivity contribution in [3.05, 3.63) is 17.0 Å². The van der Waals surface area contributed by atoms with Crippen LogP contribution < -0.4 is 10.5 Å². The van der Waals surface area contributed by atoms with Crippen molar-refractivity contribution in [2.45, 2.75) is 30.6 Å². The maximum Gasteiger partial charge on any atom is 0.408 e. The molecule has 0 radical (unpaired) electrons. The van der Waals surface area contributed by atoms with E-state index in [-0.39, 0.29) is 10.8 Å². The van der Waals surface area contributed by atoms with Gasteiger partial charge in [-0.2, -0.15) is 0 Å². The number of carbonyl (C=O) groups excluding carboxylic acids is 1. The molecule has 20 heavy (non-hydrogen) atoms. The number of amides is 1. The van der Waals surface area contributed by atoms with E-state index in [4.69, 9.17) is 9.88 Å². The van der Waals surface area contributed by atoms with E-state index in [1.807, 2.05) is 0 Å². The van der Waals surface area contributed by atoms with Crippen LogP contribution in [0.4, 0.5) is 4.79 Å². The minimum Gasteiger partial charge on any atom is -0.444 e. The second-order valence-corrected chi connectivity index (χ2v) is 7.69. The van der Waals surface area contributed by atoms with Crippen LogP contribution in [0, 0.1) is 11.8 Å². The fourth-order valence-corrected chi connectivity index (χ4v) is 2.71. The molecular formula is C12H16N2O4S2. The van der Waals surface area contributed by atoms with Gasteiger partial charge in [0, 0.05) is 0 Å². The first kappa shape index (κ1) is 16.5. The van der Waals surface area contributed by atoms with E-state index in [9.17, 15) is 13.2 Å². The number of hydrogen-bond acceptors (Lipinski definition) is 5. The third kappa shape index (κ3) is 6.06. The van der Waals surface area contributed by atoms with Gasteiger partial charge in [0.25, 0.3) is 0 Å². The molecule has 0 aliphatic rings. The molecule has 0 unspecified atom stereocenters. The van der Waals surface area contributed by atoms with Crippen molar-refractivity contribution >= 4 is 27.5 Å². The highest BCUT2D eigenvalue weighted by molar-refractivity contribution is 7.91. The lowest BCUT2D eigenvalue weighted by molar-refractivity contribution is 0.0535. The van der Waals surface area contributed by atoms with Crippen molar-refractivity contribution in [3.63, 3.8) is 0 Å². The van der Waals surface area contributed by atoms with E-state index in [2.05, 4.69) is 17.2 Å². The molecule has 110 valence electrons. The van der Waals surface area contributed by atoms with Crippen LogP contribution in [0.5, 0.6) is 0 Å². The summed E-state index contributed by atoms with van der Waals surface area (Å²) in [5.41, 5.74) is -0.560. The topological polar surface area (TPSA) is 98.5 Å². The van der Waals surface area contributed by atoms with Gasteiger partial charge in [-0.15, -0.1) is 11.3 Å². The molecule has 1 heterocycles. The largest absolute Gasteiger partial charge is 0.444 e. The van der Waals surface area contributed by atoms with Crippen molar-refractivity contribution < 1.29 is 17.9 Å². The van der Waals surface area contributed by atoms with Gasteiger partial charge in [-0.05, 0) is 32.9 Å². The number of hydrogen-bond donors (Lipinski definition) is 2. The van der Waals surface area contributed by atoms with E-state index in [1.54, 1.807) is 26.8 Å². The second-order valence-electron chi connectivity index (χ2n) is 4.82. The first-order valence-corrected chi connectivity index (χ1v) is 8.02. The number of primary sulfonamides is 1. The van der Waals surface area contributed by atoms with Gasteiger partial charge in [-0.1, -0.05) is 11.8 Å². The molecule has 3 N–H and O–H groups in total. The number of nitrogens with one attached hydrogen (secondary N) is 1. The number of ether oxygens (including phenoxy) is 1. The zero-order chi connectivity index (χ0) is 15.4. The van der Waals surface area contributed by atoms with Crippen molar-refractivity contribution in [2.24, 2.45) is 5.14 Å². The van der Waals surface area contributed by atoms with E-state index >= 15 is 0 Å². The Kier molecular flexibility index (Phi) is 5.16. The molecule has 8 heteroatoms. The van der Waals surface area contributed by atoms with Gasteiger partial charge < -0.3 is 10.1 Å². The summed E-state index contributed by atoms with van der Waals surface area (Å²) in [4.78, 5) is 11.9. The maximum absolute atomic E-state index is 11.3. The highest BCUT2D eigenvalue weighted by Crippen LogP contribution is 2.18. The summed E-state index contributed by atoms with van der Waals surface area (Å²) in [6.07, 6.45) is -0.553. The van der Waals surface area contributed by atoms with Crippen molar-refractivity contribution in [3.8, 4) is 11.8 Å². The van der Waals surface area contributed by atoms with Gasteiger partial charge in [0.2, 0.25) is 10.0 Å². The molecule has 1 rings (SSSR count). The molecular weight excluding hydrogens is 300 g/mol. The minimum atomic E-state index is -3.69. The monoisotopic (exact) mass is 316 g/mol. The molecule has 1 aromatic rings. The summed E-state index contributed by atoms with van der Waals surface area (Å²) < 4.78 is 27.2. The first-order valence-electron chi connectivity index (χ1n) is 5.66. The van der Waals surface area contributed by atoms with Crippen molar-refractivity contribution in [1.29, 1.82) is 0 Å². The van der Waals surface area contributed by atoms with E-state index < -0.39 is 21.7 Å². The lowest BCUT2D eigenvalue weighted by atomic mass is 10.2. The second kappa shape index (κ2) is 6.26. The van der Waals surface area contributed by atoms with E-state index in [1.165, 1.54) is 6.07 Å². The molecule has 0 aliphatic heterocycles. The van der Waals surface area contributed by atoms with Gasteiger partial charge in [0.15, 0.2) is 0 Å². The van der Waals surface area contributed by atoms with Crippen LogP contribution in [0.1, 0.15) is 25.6 Å². The molecule has 0 bridgehead atoms. The first-order chi connectivity index (χ1) is 9.08. The van der Waals surface area contributed by atoms with Gasteiger partial charge in [-0.3, -0.25) is 0 Å². The Morgan fingerprint density at radius 2 is 2.10 bits per heavy atom. The van der Waals surface area contributed by atoms with Crippen LogP contribution in [0.2, 0.25) is 0 Å². The summed E-state index contributed by atoms with van der Waals surface area (Å²) in [5.74, 6) is 5.43. The van der Waals surface area contributed by atoms with Crippen LogP contribution in [-0.4, -0.2) is 26.7 Å². The molecule has 0 atom stereocenters. The standard InChI is InChI=1S/C12H16N2O4S2/c1-12(2,3)18-11(15)14-8-4-5-9-6-7-10(19-9)20(13,16)17/h6-7H,8H2,1-3H3,(H,14,15)(H2,13,16,17). The summed E-state index contributed by atoms with van der Waals surface area (Å²) >= 11 is 0.978. The van der Waals surface area contributed by atoms with Crippen molar-refractivity contribution in [1.82, 2.24) is 5.32 Å². The molecule has 1 aromatic heterocycles. The Morgan fingerprint density at radius 3 is 2.60 bits per heavy atom. The van der Waals surface area contributed by atoms with Gasteiger partial charge in [0.1, 0.15) is 9.81 Å². The molecule has 0 saturated carbocycles.